The van der Waals surface area contributed by atoms with Gasteiger partial charge in [-0.1, -0.05) is 32.4 Å². The minimum absolute atomic E-state index is 0.0686. The molecule has 0 fully saturated rings. The molecule has 1 N–H and O–H groups in total. The molecule has 1 atom stereocenters. The Balaban J connectivity index is 2.89. The van der Waals surface area contributed by atoms with Gasteiger partial charge in [-0.2, -0.15) is 0 Å². The van der Waals surface area contributed by atoms with Gasteiger partial charge in [0.25, 0.3) is 5.91 Å². The summed E-state index contributed by atoms with van der Waals surface area (Å²) in [7, 11) is 0. The molecule has 0 radical (unpaired) electrons. The van der Waals surface area contributed by atoms with Crippen LogP contribution in [0.25, 0.3) is 0 Å². The number of rotatable bonds is 5. The zero-order valence-corrected chi connectivity index (χ0v) is 11.8. The van der Waals surface area contributed by atoms with Gasteiger partial charge in [-0.3, -0.25) is 14.9 Å². The SMILES string of the molecule is CC(C)C(C)CNC(=O)c1ccnc(Cl)c1[N+](=O)[O-]. The normalized spacial score (nSPS) is 12.3. The van der Waals surface area contributed by atoms with E-state index in [1.807, 2.05) is 20.8 Å². The van der Waals surface area contributed by atoms with Crippen molar-refractivity contribution in [1.29, 1.82) is 0 Å². The van der Waals surface area contributed by atoms with Crippen LogP contribution in [0, 0.1) is 22.0 Å². The van der Waals surface area contributed by atoms with E-state index in [1.54, 1.807) is 0 Å². The molecule has 0 aliphatic heterocycles. The standard InChI is InChI=1S/C12H16ClN3O3/c1-7(2)8(3)6-15-12(17)9-4-5-14-11(13)10(9)16(18)19/h4-5,7-8H,6H2,1-3H3,(H,15,17). The quantitative estimate of drug-likeness (QED) is 0.512. The summed E-state index contributed by atoms with van der Waals surface area (Å²) >= 11 is 5.65. The zero-order chi connectivity index (χ0) is 14.6. The Morgan fingerprint density at radius 3 is 2.68 bits per heavy atom. The molecular formula is C12H16ClN3O3. The molecule has 0 aliphatic rings. The van der Waals surface area contributed by atoms with E-state index < -0.39 is 16.5 Å². The fraction of sp³-hybridized carbons (Fsp3) is 0.500. The highest BCUT2D eigenvalue weighted by atomic mass is 35.5. The molecule has 1 aromatic heterocycles. The van der Waals surface area contributed by atoms with Crippen LogP contribution in [-0.4, -0.2) is 22.4 Å². The first-order valence-electron chi connectivity index (χ1n) is 5.91. The van der Waals surface area contributed by atoms with Crippen LogP contribution in [0.4, 0.5) is 5.69 Å². The highest BCUT2D eigenvalue weighted by Crippen LogP contribution is 2.25. The molecular weight excluding hydrogens is 270 g/mol. The number of halogens is 1. The van der Waals surface area contributed by atoms with Gasteiger partial charge in [0, 0.05) is 12.7 Å². The Bertz CT molecular complexity index is 491. The maximum Gasteiger partial charge on any atom is 0.319 e. The summed E-state index contributed by atoms with van der Waals surface area (Å²) in [5.74, 6) is 0.181. The summed E-state index contributed by atoms with van der Waals surface area (Å²) in [6.45, 7) is 6.54. The minimum atomic E-state index is -0.698. The van der Waals surface area contributed by atoms with Crippen molar-refractivity contribution in [3.8, 4) is 0 Å². The van der Waals surface area contributed by atoms with Gasteiger partial charge in [-0.05, 0) is 17.9 Å². The first-order valence-corrected chi connectivity index (χ1v) is 6.29. The molecule has 1 aromatic rings. The lowest BCUT2D eigenvalue weighted by Crippen LogP contribution is -2.30. The number of amides is 1. The highest BCUT2D eigenvalue weighted by Gasteiger charge is 2.24. The Hall–Kier alpha value is -1.69. The van der Waals surface area contributed by atoms with Crippen molar-refractivity contribution in [3.05, 3.63) is 33.1 Å². The van der Waals surface area contributed by atoms with Gasteiger partial charge in [0.15, 0.2) is 0 Å². The lowest BCUT2D eigenvalue weighted by atomic mass is 9.98. The molecule has 1 rings (SSSR count). The number of carbonyl (C=O) groups excluding carboxylic acids is 1. The third-order valence-corrected chi connectivity index (χ3v) is 3.31. The van der Waals surface area contributed by atoms with Crippen LogP contribution in [0.1, 0.15) is 31.1 Å². The van der Waals surface area contributed by atoms with Gasteiger partial charge in [0.1, 0.15) is 5.56 Å². The van der Waals surface area contributed by atoms with Crippen LogP contribution in [0.3, 0.4) is 0 Å². The molecule has 104 valence electrons. The maximum atomic E-state index is 11.9. The molecule has 0 saturated carbocycles. The van der Waals surface area contributed by atoms with Crippen LogP contribution >= 0.6 is 11.6 Å². The van der Waals surface area contributed by atoms with Crippen molar-refractivity contribution in [2.75, 3.05) is 6.54 Å². The number of nitro groups is 1. The van der Waals surface area contributed by atoms with Crippen LogP contribution in [0.15, 0.2) is 12.3 Å². The van der Waals surface area contributed by atoms with Crippen molar-refractivity contribution >= 4 is 23.2 Å². The molecule has 0 aromatic carbocycles. The number of hydrogen-bond acceptors (Lipinski definition) is 4. The van der Waals surface area contributed by atoms with Crippen LogP contribution in [0.2, 0.25) is 5.15 Å². The summed E-state index contributed by atoms with van der Waals surface area (Å²) in [6, 6.07) is 1.29. The van der Waals surface area contributed by atoms with E-state index in [0.29, 0.717) is 12.5 Å². The Morgan fingerprint density at radius 1 is 1.53 bits per heavy atom. The largest absolute Gasteiger partial charge is 0.352 e. The number of nitrogens with zero attached hydrogens (tertiary/aromatic N) is 2. The van der Waals surface area contributed by atoms with Crippen LogP contribution < -0.4 is 5.32 Å². The minimum Gasteiger partial charge on any atom is -0.352 e. The van der Waals surface area contributed by atoms with E-state index >= 15 is 0 Å². The Morgan fingerprint density at radius 2 is 2.16 bits per heavy atom. The van der Waals surface area contributed by atoms with Gasteiger partial charge < -0.3 is 5.32 Å². The van der Waals surface area contributed by atoms with E-state index in [0.717, 1.165) is 0 Å². The summed E-state index contributed by atoms with van der Waals surface area (Å²) < 4.78 is 0. The molecule has 0 saturated heterocycles. The van der Waals surface area contributed by atoms with Crippen LogP contribution in [-0.2, 0) is 0 Å². The number of pyridine rings is 1. The van der Waals surface area contributed by atoms with E-state index in [1.165, 1.54) is 12.3 Å². The summed E-state index contributed by atoms with van der Waals surface area (Å²) in [5, 5.41) is 13.3. The molecule has 1 heterocycles. The first kappa shape index (κ1) is 15.4. The average molecular weight is 286 g/mol. The van der Waals surface area contributed by atoms with E-state index in [2.05, 4.69) is 10.3 Å². The summed E-state index contributed by atoms with van der Waals surface area (Å²) in [5.41, 5.74) is -0.528. The fourth-order valence-electron chi connectivity index (χ4n) is 1.37. The monoisotopic (exact) mass is 285 g/mol. The smallest absolute Gasteiger partial charge is 0.319 e. The lowest BCUT2D eigenvalue weighted by Gasteiger charge is -2.16. The molecule has 7 heteroatoms. The van der Waals surface area contributed by atoms with Gasteiger partial charge in [-0.25, -0.2) is 4.98 Å². The third kappa shape index (κ3) is 3.89. The van der Waals surface area contributed by atoms with Crippen molar-refractivity contribution in [3.63, 3.8) is 0 Å². The molecule has 0 bridgehead atoms. The zero-order valence-electron chi connectivity index (χ0n) is 11.0. The lowest BCUT2D eigenvalue weighted by molar-refractivity contribution is -0.385. The van der Waals surface area contributed by atoms with Gasteiger partial charge in [-0.15, -0.1) is 0 Å². The van der Waals surface area contributed by atoms with Crippen molar-refractivity contribution < 1.29 is 9.72 Å². The predicted octanol–water partition coefficient (Wildman–Crippen LogP) is 2.67. The summed E-state index contributed by atoms with van der Waals surface area (Å²) in [6.07, 6.45) is 1.27. The van der Waals surface area contributed by atoms with E-state index in [-0.39, 0.29) is 16.6 Å². The van der Waals surface area contributed by atoms with Gasteiger partial charge in [0.2, 0.25) is 5.15 Å². The number of carbonyl (C=O) groups is 1. The second-order valence-corrected chi connectivity index (χ2v) is 5.04. The predicted molar refractivity (Wildman–Crippen MR) is 72.2 cm³/mol. The second-order valence-electron chi connectivity index (χ2n) is 4.69. The fourth-order valence-corrected chi connectivity index (χ4v) is 1.60. The van der Waals surface area contributed by atoms with E-state index in [4.69, 9.17) is 11.6 Å². The molecule has 19 heavy (non-hydrogen) atoms. The average Bonchev–Trinajstić information content (AvgIpc) is 2.34. The van der Waals surface area contributed by atoms with Crippen LogP contribution in [0.5, 0.6) is 0 Å². The molecule has 1 amide bonds. The molecule has 0 spiro atoms. The highest BCUT2D eigenvalue weighted by molar-refractivity contribution is 6.32. The van der Waals surface area contributed by atoms with Gasteiger partial charge >= 0.3 is 5.69 Å². The topological polar surface area (TPSA) is 85.1 Å². The Kier molecular flexibility index (Phi) is 5.23. The first-order chi connectivity index (χ1) is 8.84. The van der Waals surface area contributed by atoms with Crippen molar-refractivity contribution in [2.45, 2.75) is 20.8 Å². The van der Waals surface area contributed by atoms with Gasteiger partial charge in [0.05, 0.1) is 4.92 Å². The molecule has 0 aliphatic carbocycles. The summed E-state index contributed by atoms with van der Waals surface area (Å²) in [4.78, 5) is 25.8. The molecule has 6 nitrogen and oxygen atoms in total. The second kappa shape index (κ2) is 6.47. The third-order valence-electron chi connectivity index (χ3n) is 3.03. The maximum absolute atomic E-state index is 11.9. The Labute approximate surface area is 116 Å². The van der Waals surface area contributed by atoms with Crippen molar-refractivity contribution in [2.24, 2.45) is 11.8 Å². The number of nitrogens with one attached hydrogen (secondary N) is 1. The van der Waals surface area contributed by atoms with E-state index in [9.17, 15) is 14.9 Å². The van der Waals surface area contributed by atoms with Crippen molar-refractivity contribution in [1.82, 2.24) is 10.3 Å². The number of hydrogen-bond donors (Lipinski definition) is 1. The number of aromatic nitrogens is 1. The molecule has 1 unspecified atom stereocenters.